The van der Waals surface area contributed by atoms with E-state index in [1.807, 2.05) is 6.07 Å². The minimum absolute atomic E-state index is 0.443. The summed E-state index contributed by atoms with van der Waals surface area (Å²) in [5.74, 6) is 1.62. The van der Waals surface area contributed by atoms with Crippen LogP contribution in [0.3, 0.4) is 0 Å². The molecule has 1 unspecified atom stereocenters. The van der Waals surface area contributed by atoms with Crippen molar-refractivity contribution in [2.75, 3.05) is 18.5 Å². The second-order valence-electron chi connectivity index (χ2n) is 4.63. The van der Waals surface area contributed by atoms with Gasteiger partial charge in [0.2, 0.25) is 0 Å². The van der Waals surface area contributed by atoms with Crippen molar-refractivity contribution in [3.8, 4) is 0 Å². The molecule has 1 atom stereocenters. The van der Waals surface area contributed by atoms with Gasteiger partial charge in [-0.1, -0.05) is 6.92 Å². The van der Waals surface area contributed by atoms with Crippen LogP contribution in [-0.4, -0.2) is 29.2 Å². The molecule has 0 bridgehead atoms. The standard InChI is InChI=1S/C13H21N3O/c1-3-12-8-13(15-9-14-12)16-10(2)11-4-6-17-7-5-11/h8-11H,3-7H2,1-2H3,(H,14,15,16). The van der Waals surface area contributed by atoms with Gasteiger partial charge in [0.05, 0.1) is 0 Å². The zero-order valence-electron chi connectivity index (χ0n) is 10.6. The highest BCUT2D eigenvalue weighted by molar-refractivity contribution is 5.36. The monoisotopic (exact) mass is 235 g/mol. The molecule has 17 heavy (non-hydrogen) atoms. The van der Waals surface area contributed by atoms with E-state index in [9.17, 15) is 0 Å². The molecule has 1 aliphatic heterocycles. The molecule has 1 aromatic rings. The summed E-state index contributed by atoms with van der Waals surface area (Å²) >= 11 is 0. The molecule has 0 amide bonds. The Kier molecular flexibility index (Phi) is 4.31. The maximum absolute atomic E-state index is 5.38. The van der Waals surface area contributed by atoms with E-state index >= 15 is 0 Å². The summed E-state index contributed by atoms with van der Waals surface area (Å²) in [6.45, 7) is 6.11. The molecule has 0 saturated carbocycles. The number of aromatic nitrogens is 2. The van der Waals surface area contributed by atoms with Crippen molar-refractivity contribution in [2.45, 2.75) is 39.2 Å². The van der Waals surface area contributed by atoms with Gasteiger partial charge in [-0.25, -0.2) is 9.97 Å². The van der Waals surface area contributed by atoms with E-state index in [-0.39, 0.29) is 0 Å². The number of nitrogens with zero attached hydrogens (tertiary/aromatic N) is 2. The third kappa shape index (κ3) is 3.40. The first-order valence-corrected chi connectivity index (χ1v) is 6.44. The van der Waals surface area contributed by atoms with Gasteiger partial charge in [-0.15, -0.1) is 0 Å². The third-order valence-electron chi connectivity index (χ3n) is 3.43. The Hall–Kier alpha value is -1.16. The van der Waals surface area contributed by atoms with E-state index in [0.29, 0.717) is 12.0 Å². The second-order valence-corrected chi connectivity index (χ2v) is 4.63. The minimum atomic E-state index is 0.443. The number of nitrogens with one attached hydrogen (secondary N) is 1. The largest absolute Gasteiger partial charge is 0.381 e. The summed E-state index contributed by atoms with van der Waals surface area (Å²) in [4.78, 5) is 8.48. The highest BCUT2D eigenvalue weighted by atomic mass is 16.5. The van der Waals surface area contributed by atoms with E-state index in [1.165, 1.54) is 0 Å². The topological polar surface area (TPSA) is 47.0 Å². The van der Waals surface area contributed by atoms with Crippen LogP contribution in [0.5, 0.6) is 0 Å². The molecule has 2 rings (SSSR count). The summed E-state index contributed by atoms with van der Waals surface area (Å²) in [5, 5.41) is 3.48. The molecule has 4 heteroatoms. The Bertz CT molecular complexity index is 350. The molecule has 1 aliphatic rings. The Balaban J connectivity index is 1.94. The number of aryl methyl sites for hydroxylation is 1. The minimum Gasteiger partial charge on any atom is -0.381 e. The highest BCUT2D eigenvalue weighted by Gasteiger charge is 2.20. The SMILES string of the molecule is CCc1cc(NC(C)C2CCOCC2)ncn1. The zero-order chi connectivity index (χ0) is 12.1. The van der Waals surface area contributed by atoms with E-state index in [0.717, 1.165) is 44.0 Å². The van der Waals surface area contributed by atoms with Gasteiger partial charge in [0.1, 0.15) is 12.1 Å². The lowest BCUT2D eigenvalue weighted by Crippen LogP contribution is -2.31. The fourth-order valence-electron chi connectivity index (χ4n) is 2.24. The van der Waals surface area contributed by atoms with Crippen molar-refractivity contribution < 1.29 is 4.74 Å². The summed E-state index contributed by atoms with van der Waals surface area (Å²) in [6, 6.07) is 2.48. The van der Waals surface area contributed by atoms with Crippen LogP contribution in [0.25, 0.3) is 0 Å². The molecule has 1 N–H and O–H groups in total. The van der Waals surface area contributed by atoms with Crippen LogP contribution >= 0.6 is 0 Å². The van der Waals surface area contributed by atoms with E-state index in [2.05, 4.69) is 29.1 Å². The van der Waals surface area contributed by atoms with Gasteiger partial charge in [-0.3, -0.25) is 0 Å². The number of anilines is 1. The molecule has 0 spiro atoms. The van der Waals surface area contributed by atoms with Crippen molar-refractivity contribution in [1.82, 2.24) is 9.97 Å². The first-order valence-electron chi connectivity index (χ1n) is 6.44. The second kappa shape index (κ2) is 5.96. The van der Waals surface area contributed by atoms with Gasteiger partial charge in [-0.2, -0.15) is 0 Å². The van der Waals surface area contributed by atoms with Crippen LogP contribution in [0.1, 0.15) is 32.4 Å². The molecule has 0 aromatic carbocycles. The van der Waals surface area contributed by atoms with Gasteiger partial charge < -0.3 is 10.1 Å². The van der Waals surface area contributed by atoms with Crippen molar-refractivity contribution in [3.05, 3.63) is 18.1 Å². The van der Waals surface area contributed by atoms with Crippen molar-refractivity contribution in [3.63, 3.8) is 0 Å². The Morgan fingerprint density at radius 2 is 2.18 bits per heavy atom. The lowest BCUT2D eigenvalue weighted by Gasteiger charge is -2.28. The van der Waals surface area contributed by atoms with Gasteiger partial charge in [0.15, 0.2) is 0 Å². The summed E-state index contributed by atoms with van der Waals surface area (Å²) in [6.07, 6.45) is 4.86. The maximum Gasteiger partial charge on any atom is 0.129 e. The summed E-state index contributed by atoms with van der Waals surface area (Å²) in [7, 11) is 0. The fraction of sp³-hybridized carbons (Fsp3) is 0.692. The van der Waals surface area contributed by atoms with E-state index < -0.39 is 0 Å². The first kappa shape index (κ1) is 12.3. The summed E-state index contributed by atoms with van der Waals surface area (Å²) in [5.41, 5.74) is 1.08. The Morgan fingerprint density at radius 1 is 1.41 bits per heavy atom. The normalized spacial score (nSPS) is 18.9. The summed E-state index contributed by atoms with van der Waals surface area (Å²) < 4.78 is 5.38. The van der Waals surface area contributed by atoms with Crippen LogP contribution in [0.4, 0.5) is 5.82 Å². The van der Waals surface area contributed by atoms with Crippen LogP contribution in [0.2, 0.25) is 0 Å². The predicted molar refractivity (Wildman–Crippen MR) is 68.0 cm³/mol. The zero-order valence-corrected chi connectivity index (χ0v) is 10.6. The molecule has 1 saturated heterocycles. The Labute approximate surface area is 103 Å². The highest BCUT2D eigenvalue weighted by Crippen LogP contribution is 2.21. The maximum atomic E-state index is 5.38. The molecule has 2 heterocycles. The number of hydrogen-bond donors (Lipinski definition) is 1. The quantitative estimate of drug-likeness (QED) is 0.869. The van der Waals surface area contributed by atoms with Crippen LogP contribution in [0.15, 0.2) is 12.4 Å². The molecule has 1 fully saturated rings. The molecule has 4 nitrogen and oxygen atoms in total. The smallest absolute Gasteiger partial charge is 0.129 e. The molecular formula is C13H21N3O. The van der Waals surface area contributed by atoms with Crippen LogP contribution in [-0.2, 0) is 11.2 Å². The molecule has 1 aromatic heterocycles. The number of ether oxygens (including phenoxy) is 1. The first-order chi connectivity index (χ1) is 8.29. The van der Waals surface area contributed by atoms with Gasteiger partial charge in [0.25, 0.3) is 0 Å². The Morgan fingerprint density at radius 3 is 2.88 bits per heavy atom. The molecule has 94 valence electrons. The van der Waals surface area contributed by atoms with E-state index in [1.54, 1.807) is 6.33 Å². The lowest BCUT2D eigenvalue weighted by atomic mass is 9.93. The van der Waals surface area contributed by atoms with Gasteiger partial charge in [-0.05, 0) is 32.1 Å². The number of hydrogen-bond acceptors (Lipinski definition) is 4. The molecule has 0 radical (unpaired) electrons. The fourth-order valence-corrected chi connectivity index (χ4v) is 2.24. The average Bonchev–Trinajstić information content (AvgIpc) is 2.40. The van der Waals surface area contributed by atoms with Crippen molar-refractivity contribution in [1.29, 1.82) is 0 Å². The predicted octanol–water partition coefficient (Wildman–Crippen LogP) is 2.27. The van der Waals surface area contributed by atoms with E-state index in [4.69, 9.17) is 4.74 Å². The molecule has 0 aliphatic carbocycles. The van der Waals surface area contributed by atoms with Gasteiger partial charge in [0, 0.05) is 31.0 Å². The third-order valence-corrected chi connectivity index (χ3v) is 3.43. The van der Waals surface area contributed by atoms with Crippen LogP contribution in [0, 0.1) is 5.92 Å². The number of rotatable bonds is 4. The van der Waals surface area contributed by atoms with Crippen molar-refractivity contribution in [2.24, 2.45) is 5.92 Å². The van der Waals surface area contributed by atoms with Gasteiger partial charge >= 0.3 is 0 Å². The lowest BCUT2D eigenvalue weighted by molar-refractivity contribution is 0.0622. The van der Waals surface area contributed by atoms with Crippen LogP contribution < -0.4 is 5.32 Å². The average molecular weight is 235 g/mol. The molecular weight excluding hydrogens is 214 g/mol. The van der Waals surface area contributed by atoms with Crippen molar-refractivity contribution >= 4 is 5.82 Å².